The Morgan fingerprint density at radius 3 is 1.70 bits per heavy atom. The molecule has 1 aliphatic rings. The van der Waals surface area contributed by atoms with E-state index in [1.165, 1.54) is 0 Å². The van der Waals surface area contributed by atoms with Crippen molar-refractivity contribution in [3.05, 3.63) is 150 Å². The number of rotatable bonds is 6. The third-order valence-corrected chi connectivity index (χ3v) is 9.41. The van der Waals surface area contributed by atoms with Crippen molar-refractivity contribution in [1.29, 1.82) is 0 Å². The summed E-state index contributed by atoms with van der Waals surface area (Å²) in [6, 6.07) is 42.6. The van der Waals surface area contributed by atoms with E-state index in [0.717, 1.165) is 44.3 Å². The normalized spacial score (nSPS) is 16.0. The molecule has 0 N–H and O–H groups in total. The molecule has 0 amide bonds. The lowest BCUT2D eigenvalue weighted by atomic mass is 9.40. The van der Waals surface area contributed by atoms with E-state index in [1.807, 2.05) is 24.5 Å². The molecule has 6 heteroatoms. The highest BCUT2D eigenvalue weighted by molar-refractivity contribution is 6.71. The Labute approximate surface area is 253 Å². The highest BCUT2D eigenvalue weighted by Crippen LogP contribution is 2.49. The summed E-state index contributed by atoms with van der Waals surface area (Å²) in [4.78, 5) is 16.2. The van der Waals surface area contributed by atoms with Crippen LogP contribution in [-0.2, 0) is 15.2 Å². The first-order valence-electron chi connectivity index (χ1n) is 14.8. The summed E-state index contributed by atoms with van der Waals surface area (Å²) in [6.45, 7) is 8.34. The van der Waals surface area contributed by atoms with E-state index in [2.05, 4.69) is 147 Å². The van der Waals surface area contributed by atoms with E-state index in [1.54, 1.807) is 0 Å². The molecule has 1 aliphatic heterocycles. The Hall–Kier alpha value is -4.52. The number of aromatic nitrogens is 3. The fourth-order valence-electron chi connectivity index (χ4n) is 6.37. The van der Waals surface area contributed by atoms with Gasteiger partial charge in [-0.2, -0.15) is 5.10 Å². The maximum Gasteiger partial charge on any atom is 0.381 e. The molecule has 0 atom stereocenters. The molecule has 0 aliphatic carbocycles. The number of hydrogen-bond donors (Lipinski definition) is 0. The smallest absolute Gasteiger partial charge is 0.297 e. The average Bonchev–Trinajstić information content (AvgIpc) is 3.52. The summed E-state index contributed by atoms with van der Waals surface area (Å²) in [5, 5.41) is 6.30. The lowest BCUT2D eigenvalue weighted by Gasteiger charge is -2.37. The number of hydrogen-bond acceptors (Lipinski definition) is 4. The molecule has 1 fully saturated rings. The van der Waals surface area contributed by atoms with Gasteiger partial charge in [0.2, 0.25) is 0 Å². The zero-order chi connectivity index (χ0) is 29.7. The van der Waals surface area contributed by atoms with Crippen molar-refractivity contribution in [2.45, 2.75) is 44.1 Å². The van der Waals surface area contributed by atoms with Gasteiger partial charge in [-0.25, -0.2) is 9.57 Å². The second-order valence-corrected chi connectivity index (χ2v) is 12.4. The monoisotopic (exact) mass is 563 g/mol. The van der Waals surface area contributed by atoms with Crippen LogP contribution in [0, 0.1) is 0 Å². The van der Waals surface area contributed by atoms with E-state index < -0.39 is 11.1 Å². The van der Waals surface area contributed by atoms with Gasteiger partial charge in [-0.1, -0.05) is 117 Å². The predicted octanol–water partition coefficient (Wildman–Crippen LogP) is 7.66. The number of pyridine rings is 1. The van der Waals surface area contributed by atoms with Crippen molar-refractivity contribution in [3.63, 3.8) is 0 Å². The van der Waals surface area contributed by atoms with Gasteiger partial charge >= 0.3 is 6.92 Å². The molecule has 2 aromatic heterocycles. The summed E-state index contributed by atoms with van der Waals surface area (Å²) in [5.41, 5.74) is 6.15. The molecule has 3 heterocycles. The maximum absolute atomic E-state index is 6.01. The minimum Gasteiger partial charge on any atom is -0.297 e. The highest BCUT2D eigenvalue weighted by Gasteiger charge is 2.56. The summed E-state index contributed by atoms with van der Waals surface area (Å²) in [5.74, 6) is 0. The van der Waals surface area contributed by atoms with Crippen LogP contribution in [0.4, 0.5) is 0 Å². The van der Waals surface area contributed by atoms with E-state index >= 15 is 0 Å². The Kier molecular flexibility index (Phi) is 6.57. The van der Waals surface area contributed by atoms with Gasteiger partial charge in [-0.15, -0.1) is 0 Å². The van der Waals surface area contributed by atoms with Gasteiger partial charge in [0.1, 0.15) is 11.2 Å². The van der Waals surface area contributed by atoms with Crippen LogP contribution < -0.4 is 5.46 Å². The van der Waals surface area contributed by atoms with Crippen molar-refractivity contribution in [3.8, 4) is 11.3 Å². The first-order chi connectivity index (χ1) is 20.8. The van der Waals surface area contributed by atoms with E-state index in [9.17, 15) is 0 Å². The van der Waals surface area contributed by atoms with Crippen LogP contribution in [-0.4, -0.2) is 27.3 Å². The molecule has 1 saturated heterocycles. The topological polar surface area (TPSA) is 49.2 Å². The average molecular weight is 564 g/mol. The van der Waals surface area contributed by atoms with Crippen molar-refractivity contribution in [2.24, 2.45) is 0 Å². The molecule has 43 heavy (non-hydrogen) atoms. The van der Waals surface area contributed by atoms with Crippen molar-refractivity contribution in [2.75, 3.05) is 0 Å². The Balaban J connectivity index is 1.58. The summed E-state index contributed by atoms with van der Waals surface area (Å²) >= 11 is 0. The first-order valence-corrected chi connectivity index (χ1v) is 14.8. The highest BCUT2D eigenvalue weighted by atomic mass is 17.2. The zero-order valence-electron chi connectivity index (χ0n) is 24.9. The number of fused-ring (bicyclic) bond motifs is 1. The fourth-order valence-corrected chi connectivity index (χ4v) is 6.37. The molecule has 212 valence electrons. The van der Waals surface area contributed by atoms with Crippen molar-refractivity contribution >= 4 is 23.3 Å². The minimum atomic E-state index is -0.747. The van der Waals surface area contributed by atoms with Crippen LogP contribution in [0.1, 0.15) is 44.4 Å². The summed E-state index contributed by atoms with van der Waals surface area (Å²) in [6.07, 6.45) is 3.64. The maximum atomic E-state index is 6.01. The minimum absolute atomic E-state index is 0.234. The van der Waals surface area contributed by atoms with Gasteiger partial charge in [0.25, 0.3) is 0 Å². The van der Waals surface area contributed by atoms with Gasteiger partial charge in [-0.3, -0.25) is 9.79 Å². The molecule has 7 rings (SSSR count). The van der Waals surface area contributed by atoms with E-state index in [4.69, 9.17) is 14.8 Å². The quantitative estimate of drug-likeness (QED) is 0.119. The van der Waals surface area contributed by atoms with Crippen LogP contribution >= 0.6 is 0 Å². The van der Waals surface area contributed by atoms with Crippen LogP contribution in [0.15, 0.2) is 134 Å². The lowest BCUT2D eigenvalue weighted by Crippen LogP contribution is -2.44. The molecule has 0 spiro atoms. The largest absolute Gasteiger partial charge is 0.381 e. The number of nitrogens with zero attached hydrogens (tertiary/aromatic N) is 3. The van der Waals surface area contributed by atoms with E-state index in [-0.39, 0.29) is 12.2 Å². The Bertz CT molecular complexity index is 1770. The molecule has 5 nitrogen and oxygen atoms in total. The second kappa shape index (κ2) is 10.3. The molecular formula is C37H34BN3O2. The molecule has 4 aromatic carbocycles. The molecule has 0 radical (unpaired) electrons. The molecule has 0 bridgehead atoms. The SMILES string of the molecule is CC1(C)OOB(c2ccc3c(c2)c(-c2ccncc2)nn3C(c2ccccc2)(c2ccccc2)c2ccccc2)C1(C)C. The Morgan fingerprint density at radius 1 is 0.674 bits per heavy atom. The lowest BCUT2D eigenvalue weighted by molar-refractivity contribution is -0.261. The first kappa shape index (κ1) is 27.3. The van der Waals surface area contributed by atoms with Crippen LogP contribution in [0.25, 0.3) is 22.2 Å². The van der Waals surface area contributed by atoms with Crippen molar-refractivity contribution in [1.82, 2.24) is 14.8 Å². The second-order valence-electron chi connectivity index (χ2n) is 12.4. The third kappa shape index (κ3) is 4.24. The molecule has 0 saturated carbocycles. The fraction of sp³-hybridized carbons (Fsp3) is 0.189. The van der Waals surface area contributed by atoms with Crippen LogP contribution in [0.2, 0.25) is 5.31 Å². The van der Waals surface area contributed by atoms with Gasteiger partial charge in [-0.05, 0) is 54.2 Å². The van der Waals surface area contributed by atoms with Gasteiger partial charge in [0.15, 0.2) is 0 Å². The van der Waals surface area contributed by atoms with Crippen LogP contribution in [0.5, 0.6) is 0 Å². The predicted molar refractivity (Wildman–Crippen MR) is 173 cm³/mol. The summed E-state index contributed by atoms with van der Waals surface area (Å²) < 4.78 is 2.21. The van der Waals surface area contributed by atoms with Gasteiger partial charge in [0, 0.05) is 28.7 Å². The number of benzene rings is 4. The van der Waals surface area contributed by atoms with Gasteiger partial charge < -0.3 is 0 Å². The summed E-state index contributed by atoms with van der Waals surface area (Å²) in [7, 11) is 0. The third-order valence-electron chi connectivity index (χ3n) is 9.41. The standard InChI is InChI=1S/C37H34BN3O2/c1-35(2)36(3,4)42-43-38(35)31-20-21-33-32(26-31)34(27-22-24-39-25-23-27)40-41(33)37(28-14-8-5-9-15-28,29-16-10-6-11-17-29)30-18-12-7-13-19-30/h5-26H,1-4H3. The molecule has 0 unspecified atom stereocenters. The van der Waals surface area contributed by atoms with Crippen LogP contribution in [0.3, 0.4) is 0 Å². The van der Waals surface area contributed by atoms with E-state index in [0.29, 0.717) is 0 Å². The zero-order valence-corrected chi connectivity index (χ0v) is 24.9. The Morgan fingerprint density at radius 2 is 1.21 bits per heavy atom. The molecular weight excluding hydrogens is 529 g/mol. The molecule has 6 aromatic rings. The van der Waals surface area contributed by atoms with Gasteiger partial charge in [0.05, 0.1) is 11.1 Å². The van der Waals surface area contributed by atoms with Crippen molar-refractivity contribution < 1.29 is 9.69 Å².